The number of aromatic nitrogens is 2. The Morgan fingerprint density at radius 1 is 1.06 bits per heavy atom. The summed E-state index contributed by atoms with van der Waals surface area (Å²) in [5.74, 6) is 0.258. The zero-order valence-corrected chi connectivity index (χ0v) is 18.2. The summed E-state index contributed by atoms with van der Waals surface area (Å²) < 4.78 is 30.7. The van der Waals surface area contributed by atoms with Gasteiger partial charge in [-0.2, -0.15) is 13.5 Å². The summed E-state index contributed by atoms with van der Waals surface area (Å²) in [6, 6.07) is 16.3. The summed E-state index contributed by atoms with van der Waals surface area (Å²) in [6.07, 6.45) is 5.14. The van der Waals surface area contributed by atoms with Crippen LogP contribution in [0.15, 0.2) is 76.3 Å². The number of rotatable bonds is 5. The molecule has 0 radical (unpaired) electrons. The molecule has 5 rings (SSSR count). The number of carbonyl (C=O) groups excluding carboxylic acids is 1. The van der Waals surface area contributed by atoms with Crippen LogP contribution in [0.25, 0.3) is 0 Å². The average molecular weight is 450 g/mol. The lowest BCUT2D eigenvalue weighted by molar-refractivity contribution is -0.124. The fraction of sp³-hybridized carbons (Fsp3) is 0.261. The Hall–Kier alpha value is -3.46. The van der Waals surface area contributed by atoms with Crippen molar-refractivity contribution >= 4 is 21.8 Å². The van der Waals surface area contributed by atoms with Crippen molar-refractivity contribution in [2.45, 2.75) is 36.9 Å². The molecule has 3 heterocycles. The number of carbonyl (C=O) groups is 1. The van der Waals surface area contributed by atoms with Crippen LogP contribution in [0.1, 0.15) is 29.5 Å². The molecule has 0 spiro atoms. The number of hydrogen-bond donors (Lipinski definition) is 1. The predicted molar refractivity (Wildman–Crippen MR) is 120 cm³/mol. The number of sulfonamides is 1. The number of amides is 1. The van der Waals surface area contributed by atoms with Crippen molar-refractivity contribution < 1.29 is 13.2 Å². The number of fused-ring (bicyclic) bond motifs is 1. The first-order chi connectivity index (χ1) is 15.5. The van der Waals surface area contributed by atoms with E-state index in [-0.39, 0.29) is 10.8 Å². The molecule has 1 aromatic heterocycles. The van der Waals surface area contributed by atoms with Crippen LogP contribution in [0.3, 0.4) is 0 Å². The van der Waals surface area contributed by atoms with Gasteiger partial charge in [-0.1, -0.05) is 36.4 Å². The number of likely N-dealkylation sites (tertiary alicyclic amines) is 1. The number of nitrogens with zero attached hydrogens (tertiary/aromatic N) is 4. The van der Waals surface area contributed by atoms with Gasteiger partial charge in [-0.15, -0.1) is 4.40 Å². The molecule has 0 aliphatic carbocycles. The van der Waals surface area contributed by atoms with Gasteiger partial charge in [0.2, 0.25) is 5.91 Å². The number of hydrogen-bond acceptors (Lipinski definition) is 5. The van der Waals surface area contributed by atoms with Gasteiger partial charge < -0.3 is 10.2 Å². The molecule has 1 atom stereocenters. The van der Waals surface area contributed by atoms with E-state index in [0.717, 1.165) is 17.5 Å². The highest BCUT2D eigenvalue weighted by molar-refractivity contribution is 7.90. The maximum absolute atomic E-state index is 13.0. The van der Waals surface area contributed by atoms with Crippen LogP contribution in [-0.4, -0.2) is 47.4 Å². The third kappa shape index (κ3) is 3.91. The van der Waals surface area contributed by atoms with Gasteiger partial charge in [0.05, 0.1) is 6.54 Å². The molecule has 32 heavy (non-hydrogen) atoms. The van der Waals surface area contributed by atoms with Crippen LogP contribution in [0.2, 0.25) is 0 Å². The molecule has 8 nitrogen and oxygen atoms in total. The summed E-state index contributed by atoms with van der Waals surface area (Å²) >= 11 is 0. The molecule has 9 heteroatoms. The molecule has 2 aromatic carbocycles. The second kappa shape index (κ2) is 8.23. The first kappa shape index (κ1) is 20.4. The highest BCUT2D eigenvalue weighted by atomic mass is 32.2. The summed E-state index contributed by atoms with van der Waals surface area (Å²) in [4.78, 5) is 15.0. The van der Waals surface area contributed by atoms with E-state index in [1.165, 1.54) is 0 Å². The smallest absolute Gasteiger partial charge is 0.285 e. The van der Waals surface area contributed by atoms with Gasteiger partial charge in [-0.05, 0) is 42.2 Å². The monoisotopic (exact) mass is 449 g/mol. The van der Waals surface area contributed by atoms with E-state index in [2.05, 4.69) is 14.8 Å². The third-order valence-electron chi connectivity index (χ3n) is 5.83. The van der Waals surface area contributed by atoms with Crippen LogP contribution in [-0.2, 0) is 27.9 Å². The lowest BCUT2D eigenvalue weighted by Crippen LogP contribution is -2.45. The largest absolute Gasteiger partial charge is 0.350 e. The van der Waals surface area contributed by atoms with Crippen molar-refractivity contribution in [2.24, 2.45) is 4.40 Å². The van der Waals surface area contributed by atoms with Crippen molar-refractivity contribution in [1.82, 2.24) is 20.0 Å². The van der Waals surface area contributed by atoms with Crippen LogP contribution in [0.4, 0.5) is 0 Å². The molecule has 0 saturated carbocycles. The van der Waals surface area contributed by atoms with Crippen LogP contribution < -0.4 is 5.32 Å². The van der Waals surface area contributed by atoms with Gasteiger partial charge in [-0.3, -0.25) is 9.48 Å². The number of nitrogens with one attached hydrogen (secondary N) is 1. The van der Waals surface area contributed by atoms with Gasteiger partial charge >= 0.3 is 0 Å². The standard InChI is InChI=1S/C23H23N5O3S/c29-23(24-15-17-8-10-18(11-9-17)16-27-13-4-12-25-27)20-6-3-14-28(20)22-19-5-1-2-7-21(19)32(30,31)26-22/h1-2,4-5,7-13,20H,3,6,14-16H2,(H,24,29)/t20-/m0/s1. The fourth-order valence-corrected chi connectivity index (χ4v) is 5.46. The highest BCUT2D eigenvalue weighted by Crippen LogP contribution is 2.31. The summed E-state index contributed by atoms with van der Waals surface area (Å²) in [6.45, 7) is 1.71. The Bertz CT molecular complexity index is 1270. The molecule has 0 bridgehead atoms. The Morgan fingerprint density at radius 2 is 1.84 bits per heavy atom. The Kier molecular flexibility index (Phi) is 5.26. The average Bonchev–Trinajstić information content (AvgIpc) is 3.53. The molecule has 1 N–H and O–H groups in total. The van der Waals surface area contributed by atoms with E-state index in [9.17, 15) is 13.2 Å². The Labute approximate surface area is 186 Å². The van der Waals surface area contributed by atoms with Crippen molar-refractivity contribution in [3.05, 3.63) is 83.7 Å². The Morgan fingerprint density at radius 3 is 2.62 bits per heavy atom. The summed E-state index contributed by atoms with van der Waals surface area (Å²) in [7, 11) is -3.71. The highest BCUT2D eigenvalue weighted by Gasteiger charge is 2.39. The van der Waals surface area contributed by atoms with E-state index in [4.69, 9.17) is 0 Å². The molecule has 2 aliphatic rings. The zero-order chi connectivity index (χ0) is 22.1. The molecular weight excluding hydrogens is 426 g/mol. The molecule has 3 aromatic rings. The lowest BCUT2D eigenvalue weighted by Gasteiger charge is -2.25. The molecule has 164 valence electrons. The topological polar surface area (TPSA) is 96.7 Å². The maximum atomic E-state index is 13.0. The molecule has 1 saturated heterocycles. The summed E-state index contributed by atoms with van der Waals surface area (Å²) in [5.41, 5.74) is 2.70. The summed E-state index contributed by atoms with van der Waals surface area (Å²) in [5, 5.41) is 7.21. The minimum absolute atomic E-state index is 0.118. The second-order valence-corrected chi connectivity index (χ2v) is 9.55. The van der Waals surface area contributed by atoms with Crippen LogP contribution in [0, 0.1) is 0 Å². The van der Waals surface area contributed by atoms with Crippen LogP contribution in [0.5, 0.6) is 0 Å². The SMILES string of the molecule is O=C(NCc1ccc(Cn2cccn2)cc1)[C@@H]1CCCN1C1=NS(=O)(=O)c2ccccc21. The van der Waals surface area contributed by atoms with E-state index in [1.54, 1.807) is 30.5 Å². The first-order valence-corrected chi connectivity index (χ1v) is 12.0. The van der Waals surface area contributed by atoms with Gasteiger partial charge in [0.1, 0.15) is 10.9 Å². The fourth-order valence-electron chi connectivity index (χ4n) is 4.24. The van der Waals surface area contributed by atoms with Gasteiger partial charge in [-0.25, -0.2) is 0 Å². The first-order valence-electron chi connectivity index (χ1n) is 10.6. The van der Waals surface area contributed by atoms with Crippen molar-refractivity contribution in [2.75, 3.05) is 6.54 Å². The second-order valence-electron chi connectivity index (χ2n) is 7.98. The van der Waals surface area contributed by atoms with Crippen molar-refractivity contribution in [1.29, 1.82) is 0 Å². The minimum atomic E-state index is -3.71. The predicted octanol–water partition coefficient (Wildman–Crippen LogP) is 2.16. The van der Waals surface area contributed by atoms with Gasteiger partial charge in [0, 0.05) is 31.0 Å². The normalized spacial score (nSPS) is 18.9. The zero-order valence-electron chi connectivity index (χ0n) is 17.4. The van der Waals surface area contributed by atoms with E-state index in [0.29, 0.717) is 37.5 Å². The third-order valence-corrected chi connectivity index (χ3v) is 7.16. The molecular formula is C23H23N5O3S. The molecule has 1 amide bonds. The van der Waals surface area contributed by atoms with Gasteiger partial charge in [0.25, 0.3) is 10.0 Å². The van der Waals surface area contributed by atoms with Crippen LogP contribution >= 0.6 is 0 Å². The Balaban J connectivity index is 1.25. The lowest BCUT2D eigenvalue weighted by atomic mass is 10.1. The maximum Gasteiger partial charge on any atom is 0.285 e. The van der Waals surface area contributed by atoms with Gasteiger partial charge in [0.15, 0.2) is 5.84 Å². The van der Waals surface area contributed by atoms with Crippen molar-refractivity contribution in [3.63, 3.8) is 0 Å². The van der Waals surface area contributed by atoms with E-state index >= 15 is 0 Å². The molecule has 2 aliphatic heterocycles. The van der Waals surface area contributed by atoms with E-state index < -0.39 is 16.1 Å². The molecule has 1 fully saturated rings. The minimum Gasteiger partial charge on any atom is -0.350 e. The number of amidine groups is 1. The molecule has 0 unspecified atom stereocenters. The quantitative estimate of drug-likeness (QED) is 0.644. The van der Waals surface area contributed by atoms with Crippen molar-refractivity contribution in [3.8, 4) is 0 Å². The van der Waals surface area contributed by atoms with E-state index in [1.807, 2.05) is 46.1 Å². The number of benzene rings is 2.